The zero-order valence-electron chi connectivity index (χ0n) is 17.0. The number of hydrogen-bond donors (Lipinski definition) is 1. The Kier molecular flexibility index (Phi) is 6.41. The average Bonchev–Trinajstić information content (AvgIpc) is 3.22. The highest BCUT2D eigenvalue weighted by molar-refractivity contribution is 7.99. The van der Waals surface area contributed by atoms with E-state index in [0.717, 1.165) is 0 Å². The second-order valence-corrected chi connectivity index (χ2v) is 7.61. The smallest absolute Gasteiger partial charge is 0.338 e. The summed E-state index contributed by atoms with van der Waals surface area (Å²) in [6, 6.07) is 16.0. The quantitative estimate of drug-likeness (QED) is 0.337. The fourth-order valence-corrected chi connectivity index (χ4v) is 3.55. The fourth-order valence-electron chi connectivity index (χ4n) is 2.90. The molecule has 32 heavy (non-hydrogen) atoms. The predicted octanol–water partition coefficient (Wildman–Crippen LogP) is 3.84. The predicted molar refractivity (Wildman–Crippen MR) is 118 cm³/mol. The molecule has 2 heterocycles. The van der Waals surface area contributed by atoms with E-state index in [-0.39, 0.29) is 17.5 Å². The molecule has 10 heteroatoms. The zero-order chi connectivity index (χ0) is 22.5. The normalized spacial score (nSPS) is 10.8. The molecule has 0 bridgehead atoms. The van der Waals surface area contributed by atoms with Gasteiger partial charge in [0.05, 0.1) is 17.9 Å². The lowest BCUT2D eigenvalue weighted by Gasteiger charge is -2.07. The lowest BCUT2D eigenvalue weighted by atomic mass is 10.2. The van der Waals surface area contributed by atoms with Gasteiger partial charge in [-0.1, -0.05) is 23.9 Å². The average molecular weight is 451 g/mol. The Morgan fingerprint density at radius 1 is 1.09 bits per heavy atom. The maximum atomic E-state index is 13.6. The number of thioether (sulfide) groups is 1. The van der Waals surface area contributed by atoms with Crippen LogP contribution in [-0.2, 0) is 9.53 Å². The zero-order valence-corrected chi connectivity index (χ0v) is 17.8. The van der Waals surface area contributed by atoms with E-state index >= 15 is 0 Å². The van der Waals surface area contributed by atoms with E-state index in [2.05, 4.69) is 20.6 Å². The number of amides is 1. The molecule has 0 unspecified atom stereocenters. The van der Waals surface area contributed by atoms with Gasteiger partial charge in [-0.2, -0.15) is 9.61 Å². The van der Waals surface area contributed by atoms with Crippen molar-refractivity contribution in [3.63, 3.8) is 0 Å². The van der Waals surface area contributed by atoms with Gasteiger partial charge in [0.25, 0.3) is 0 Å². The van der Waals surface area contributed by atoms with Crippen molar-refractivity contribution in [2.24, 2.45) is 0 Å². The third-order valence-electron chi connectivity index (χ3n) is 4.35. The van der Waals surface area contributed by atoms with E-state index in [1.165, 1.54) is 28.4 Å². The summed E-state index contributed by atoms with van der Waals surface area (Å²) in [5.41, 5.74) is 2.05. The Hall–Kier alpha value is -3.79. The summed E-state index contributed by atoms with van der Waals surface area (Å²) < 4.78 is 20.0. The van der Waals surface area contributed by atoms with E-state index in [0.29, 0.717) is 39.9 Å². The Balaban J connectivity index is 1.41. The van der Waals surface area contributed by atoms with Crippen molar-refractivity contribution < 1.29 is 18.7 Å². The van der Waals surface area contributed by atoms with Crippen molar-refractivity contribution >= 4 is 35.0 Å². The molecule has 162 valence electrons. The molecule has 0 aliphatic carbocycles. The first kappa shape index (κ1) is 21.4. The van der Waals surface area contributed by atoms with Gasteiger partial charge in [-0.15, -0.1) is 10.2 Å². The molecule has 4 rings (SSSR count). The minimum Gasteiger partial charge on any atom is -0.462 e. The number of esters is 1. The monoisotopic (exact) mass is 451 g/mol. The molecule has 1 N–H and O–H groups in total. The van der Waals surface area contributed by atoms with Crippen molar-refractivity contribution in [1.82, 2.24) is 19.8 Å². The maximum Gasteiger partial charge on any atom is 0.338 e. The van der Waals surface area contributed by atoms with Crippen LogP contribution in [0.15, 0.2) is 65.7 Å². The van der Waals surface area contributed by atoms with Gasteiger partial charge in [-0.25, -0.2) is 9.18 Å². The SMILES string of the molecule is CCOC(=O)c1ccc(NC(=O)CSc2ccc3nnc(-c4cccc(F)c4)n3n2)cc1. The van der Waals surface area contributed by atoms with Crippen LogP contribution in [0.25, 0.3) is 17.0 Å². The molecule has 0 atom stereocenters. The summed E-state index contributed by atoms with van der Waals surface area (Å²) in [5.74, 6) is -0.482. The topological polar surface area (TPSA) is 98.5 Å². The van der Waals surface area contributed by atoms with Gasteiger partial charge in [0.15, 0.2) is 11.5 Å². The number of carbonyl (C=O) groups excluding carboxylic acids is 2. The van der Waals surface area contributed by atoms with Crippen LogP contribution in [-0.4, -0.2) is 44.0 Å². The van der Waals surface area contributed by atoms with Crippen LogP contribution >= 0.6 is 11.8 Å². The van der Waals surface area contributed by atoms with Crippen LogP contribution in [0.1, 0.15) is 17.3 Å². The molecular formula is C22H18FN5O3S. The molecule has 0 saturated carbocycles. The van der Waals surface area contributed by atoms with Gasteiger partial charge in [0.1, 0.15) is 10.8 Å². The summed E-state index contributed by atoms with van der Waals surface area (Å²) in [6.45, 7) is 2.04. The van der Waals surface area contributed by atoms with Crippen LogP contribution < -0.4 is 5.32 Å². The standard InChI is InChI=1S/C22H18FN5O3S/c1-2-31-22(30)14-6-8-17(9-7-14)24-19(29)13-32-20-11-10-18-25-26-21(28(18)27-20)15-4-3-5-16(23)12-15/h3-12H,2,13H2,1H3,(H,24,29). The molecule has 1 amide bonds. The van der Waals surface area contributed by atoms with Crippen LogP contribution in [0, 0.1) is 5.82 Å². The van der Waals surface area contributed by atoms with E-state index < -0.39 is 5.97 Å². The van der Waals surface area contributed by atoms with E-state index in [9.17, 15) is 14.0 Å². The third-order valence-corrected chi connectivity index (χ3v) is 5.27. The lowest BCUT2D eigenvalue weighted by molar-refractivity contribution is -0.113. The first-order valence-corrected chi connectivity index (χ1v) is 10.7. The third kappa shape index (κ3) is 4.92. The van der Waals surface area contributed by atoms with Gasteiger partial charge >= 0.3 is 5.97 Å². The number of ether oxygens (including phenoxy) is 1. The number of nitrogens with zero attached hydrogens (tertiary/aromatic N) is 4. The largest absolute Gasteiger partial charge is 0.462 e. The van der Waals surface area contributed by atoms with Gasteiger partial charge in [0, 0.05) is 11.3 Å². The summed E-state index contributed by atoms with van der Waals surface area (Å²) >= 11 is 1.24. The van der Waals surface area contributed by atoms with E-state index in [1.807, 2.05) is 0 Å². The molecule has 0 fully saturated rings. The fraction of sp³-hybridized carbons (Fsp3) is 0.136. The molecule has 0 aliphatic heterocycles. The van der Waals surface area contributed by atoms with Gasteiger partial charge < -0.3 is 10.1 Å². The first-order chi connectivity index (χ1) is 15.5. The Labute approximate surface area is 186 Å². The Bertz CT molecular complexity index is 1280. The lowest BCUT2D eigenvalue weighted by Crippen LogP contribution is -2.14. The van der Waals surface area contributed by atoms with Crippen LogP contribution in [0.3, 0.4) is 0 Å². The number of rotatable bonds is 7. The second-order valence-electron chi connectivity index (χ2n) is 6.61. The van der Waals surface area contributed by atoms with Gasteiger partial charge in [-0.3, -0.25) is 4.79 Å². The summed E-state index contributed by atoms with van der Waals surface area (Å²) in [4.78, 5) is 24.0. The molecule has 2 aromatic carbocycles. The molecular weight excluding hydrogens is 433 g/mol. The highest BCUT2D eigenvalue weighted by atomic mass is 32.2. The van der Waals surface area contributed by atoms with Crippen LogP contribution in [0.5, 0.6) is 0 Å². The minimum atomic E-state index is -0.408. The van der Waals surface area contributed by atoms with Crippen molar-refractivity contribution in [2.45, 2.75) is 11.9 Å². The molecule has 0 aliphatic rings. The van der Waals surface area contributed by atoms with Crippen LogP contribution in [0.4, 0.5) is 10.1 Å². The van der Waals surface area contributed by atoms with Crippen molar-refractivity contribution in [3.05, 3.63) is 72.0 Å². The van der Waals surface area contributed by atoms with E-state index in [1.54, 1.807) is 55.5 Å². The van der Waals surface area contributed by atoms with Crippen molar-refractivity contribution in [2.75, 3.05) is 17.7 Å². The van der Waals surface area contributed by atoms with Gasteiger partial charge in [0.2, 0.25) is 5.91 Å². The first-order valence-electron chi connectivity index (χ1n) is 9.71. The minimum absolute atomic E-state index is 0.121. The molecule has 2 aromatic heterocycles. The summed E-state index contributed by atoms with van der Waals surface area (Å²) in [6.07, 6.45) is 0. The highest BCUT2D eigenvalue weighted by Gasteiger charge is 2.12. The van der Waals surface area contributed by atoms with Crippen molar-refractivity contribution in [1.29, 1.82) is 0 Å². The number of nitrogens with one attached hydrogen (secondary N) is 1. The molecule has 0 spiro atoms. The number of benzene rings is 2. The van der Waals surface area contributed by atoms with E-state index in [4.69, 9.17) is 4.74 Å². The molecule has 0 saturated heterocycles. The summed E-state index contributed by atoms with van der Waals surface area (Å²) in [5, 5.41) is 16.0. The summed E-state index contributed by atoms with van der Waals surface area (Å²) in [7, 11) is 0. The van der Waals surface area contributed by atoms with Crippen LogP contribution in [0.2, 0.25) is 0 Å². The second kappa shape index (κ2) is 9.56. The maximum absolute atomic E-state index is 13.6. The number of halogens is 1. The number of aromatic nitrogens is 4. The molecule has 0 radical (unpaired) electrons. The molecule has 8 nitrogen and oxygen atoms in total. The number of carbonyl (C=O) groups is 2. The Morgan fingerprint density at radius 3 is 2.66 bits per heavy atom. The van der Waals surface area contributed by atoms with Gasteiger partial charge in [-0.05, 0) is 55.5 Å². The number of hydrogen-bond acceptors (Lipinski definition) is 7. The Morgan fingerprint density at radius 2 is 1.91 bits per heavy atom. The number of fused-ring (bicyclic) bond motifs is 1. The number of anilines is 1. The highest BCUT2D eigenvalue weighted by Crippen LogP contribution is 2.21. The van der Waals surface area contributed by atoms with Crippen molar-refractivity contribution in [3.8, 4) is 11.4 Å². The molecule has 4 aromatic rings.